The molecule has 0 aromatic heterocycles. The molecule has 1 atom stereocenters. The van der Waals surface area contributed by atoms with Gasteiger partial charge in [0.2, 0.25) is 10.0 Å². The monoisotopic (exact) mass is 523 g/mol. The van der Waals surface area contributed by atoms with E-state index in [4.69, 9.17) is 10.8 Å². The van der Waals surface area contributed by atoms with Crippen molar-refractivity contribution in [2.75, 3.05) is 12.8 Å². The molecule has 0 aliphatic rings. The first-order valence-electron chi connectivity index (χ1n) is 12.5. The zero-order valence-corrected chi connectivity index (χ0v) is 24.5. The minimum atomic E-state index is -3.60. The number of rotatable bonds is 12. The molecule has 0 N–H and O–H groups in total. The van der Waals surface area contributed by atoms with Crippen LogP contribution in [-0.2, 0) is 14.4 Å². The number of benzene rings is 2. The molecule has 2 aromatic rings. The van der Waals surface area contributed by atoms with Crippen LogP contribution in [-0.4, -0.2) is 33.8 Å². The Balaban J connectivity index is 2.77. The summed E-state index contributed by atoms with van der Waals surface area (Å²) in [5.74, 6) is 3.19. The molecule has 2 aromatic carbocycles. The summed E-state index contributed by atoms with van der Waals surface area (Å²) in [6.07, 6.45) is 12.7. The molecule has 0 spiro atoms. The maximum Gasteiger partial charge on any atom is 0.258 e. The van der Waals surface area contributed by atoms with E-state index in [2.05, 4.69) is 47.5 Å². The van der Waals surface area contributed by atoms with E-state index in [1.165, 1.54) is 10.6 Å². The van der Waals surface area contributed by atoms with Gasteiger partial charge >= 0.3 is 0 Å². The van der Waals surface area contributed by atoms with Crippen molar-refractivity contribution in [1.29, 1.82) is 0 Å². The number of terminal acetylenes is 1. The van der Waals surface area contributed by atoms with E-state index in [1.54, 1.807) is 0 Å². The maximum absolute atomic E-state index is 12.9. The predicted octanol–water partition coefficient (Wildman–Crippen LogP) is 7.41. The molecule has 0 saturated carbocycles. The first-order chi connectivity index (χ1) is 16.9. The van der Waals surface area contributed by atoms with E-state index in [0.717, 1.165) is 11.1 Å². The molecule has 0 amide bonds. The van der Waals surface area contributed by atoms with Crippen LogP contribution in [0.2, 0.25) is 16.6 Å². The number of hydrogen-bond acceptors (Lipinski definition) is 3. The van der Waals surface area contributed by atoms with Gasteiger partial charge in [-0.3, -0.25) is 0 Å². The Morgan fingerprint density at radius 2 is 1.44 bits per heavy atom. The van der Waals surface area contributed by atoms with Crippen LogP contribution in [0.1, 0.15) is 58.7 Å². The molecule has 4 nitrogen and oxygen atoms in total. The van der Waals surface area contributed by atoms with Gasteiger partial charge in [-0.2, -0.15) is 4.31 Å². The third kappa shape index (κ3) is 7.46. The molecule has 1 unspecified atom stereocenters. The van der Waals surface area contributed by atoms with Crippen molar-refractivity contribution in [3.63, 3.8) is 0 Å². The Labute approximate surface area is 220 Å². The lowest BCUT2D eigenvalue weighted by Gasteiger charge is -2.43. The van der Waals surface area contributed by atoms with Gasteiger partial charge in [0, 0.05) is 0 Å². The van der Waals surface area contributed by atoms with E-state index in [9.17, 15) is 8.42 Å². The normalized spacial score (nSPS) is 14.1. The molecule has 0 saturated heterocycles. The summed E-state index contributed by atoms with van der Waals surface area (Å²) in [6.45, 7) is 13.4. The molecular weight excluding hydrogens is 482 g/mol. The molecule has 0 aliphatic carbocycles. The highest BCUT2D eigenvalue weighted by Crippen LogP contribution is 2.44. The van der Waals surface area contributed by atoms with Gasteiger partial charge in [-0.05, 0) is 39.9 Å². The predicted molar refractivity (Wildman–Crippen MR) is 155 cm³/mol. The van der Waals surface area contributed by atoms with Gasteiger partial charge in [-0.1, -0.05) is 114 Å². The molecule has 0 heterocycles. The molecule has 36 heavy (non-hydrogen) atoms. The van der Waals surface area contributed by atoms with Gasteiger partial charge in [0.1, 0.15) is 5.76 Å². The fourth-order valence-electron chi connectivity index (χ4n) is 5.09. The second kappa shape index (κ2) is 13.1. The van der Waals surface area contributed by atoms with Crippen LogP contribution in [0.3, 0.4) is 0 Å². The van der Waals surface area contributed by atoms with E-state index >= 15 is 0 Å². The van der Waals surface area contributed by atoms with E-state index in [1.807, 2.05) is 78.9 Å². The summed E-state index contributed by atoms with van der Waals surface area (Å²) in [7, 11) is -5.93. The SMILES string of the molecule is C#CCN(C(/C=C(\C=C\c1ccccc1)O[Si](C(C)C)(C(C)C)C(C)C)c1ccccc1)S(C)(=O)=O. The zero-order valence-electron chi connectivity index (χ0n) is 22.7. The lowest BCUT2D eigenvalue weighted by Crippen LogP contribution is -2.47. The Morgan fingerprint density at radius 3 is 1.89 bits per heavy atom. The fraction of sp³-hybridized carbons (Fsp3) is 0.400. The average molecular weight is 524 g/mol. The third-order valence-electron chi connectivity index (χ3n) is 6.69. The fourth-order valence-corrected chi connectivity index (χ4v) is 11.2. The summed E-state index contributed by atoms with van der Waals surface area (Å²) in [4.78, 5) is 0. The molecule has 0 radical (unpaired) electrons. The number of hydrogen-bond donors (Lipinski definition) is 0. The van der Waals surface area contributed by atoms with Gasteiger partial charge < -0.3 is 4.43 Å². The maximum atomic E-state index is 12.9. The van der Waals surface area contributed by atoms with Crippen LogP contribution < -0.4 is 0 Å². The lowest BCUT2D eigenvalue weighted by atomic mass is 10.1. The Kier molecular flexibility index (Phi) is 10.8. The minimum Gasteiger partial charge on any atom is -0.543 e. The van der Waals surface area contributed by atoms with Crippen LogP contribution in [0.4, 0.5) is 0 Å². The highest BCUT2D eigenvalue weighted by atomic mass is 32.2. The molecule has 0 bridgehead atoms. The van der Waals surface area contributed by atoms with Crippen molar-refractivity contribution >= 4 is 24.4 Å². The Morgan fingerprint density at radius 1 is 0.944 bits per heavy atom. The van der Waals surface area contributed by atoms with Crippen LogP contribution >= 0.6 is 0 Å². The van der Waals surface area contributed by atoms with Crippen molar-refractivity contribution in [2.24, 2.45) is 0 Å². The first kappa shape index (κ1) is 29.6. The second-order valence-corrected chi connectivity index (χ2v) is 17.4. The standard InChI is InChI=1S/C30H41NO3SSi/c1-9-22-31(35(8,32)33)30(28-18-14-11-15-19-28)23-29(21-20-27-16-12-10-13-17-27)34-36(24(2)3,25(4)5)26(6)7/h1,10-21,23-26,30H,22H2,2-8H3/b21-20+,29-23+. The quantitative estimate of drug-likeness (QED) is 0.126. The highest BCUT2D eigenvalue weighted by molar-refractivity contribution is 7.88. The van der Waals surface area contributed by atoms with Crippen LogP contribution in [0.5, 0.6) is 0 Å². The zero-order chi connectivity index (χ0) is 26.9. The van der Waals surface area contributed by atoms with Gasteiger partial charge in [-0.25, -0.2) is 8.42 Å². The van der Waals surface area contributed by atoms with E-state index < -0.39 is 24.4 Å². The molecule has 0 aliphatic heterocycles. The van der Waals surface area contributed by atoms with Crippen molar-refractivity contribution in [3.05, 3.63) is 89.7 Å². The topological polar surface area (TPSA) is 46.6 Å². The van der Waals surface area contributed by atoms with Gasteiger partial charge in [0.05, 0.1) is 18.8 Å². The van der Waals surface area contributed by atoms with Crippen LogP contribution in [0.25, 0.3) is 6.08 Å². The molecule has 6 heteroatoms. The molecule has 2 rings (SSSR count). The number of allylic oxidation sites excluding steroid dienone is 1. The summed E-state index contributed by atoms with van der Waals surface area (Å²) in [6, 6.07) is 19.0. The van der Waals surface area contributed by atoms with Crippen molar-refractivity contribution < 1.29 is 12.8 Å². The first-order valence-corrected chi connectivity index (χ1v) is 16.5. The number of sulfonamides is 1. The second-order valence-electron chi connectivity index (χ2n) is 10.1. The minimum absolute atomic E-state index is 0.0360. The highest BCUT2D eigenvalue weighted by Gasteiger charge is 2.47. The smallest absolute Gasteiger partial charge is 0.258 e. The third-order valence-corrected chi connectivity index (χ3v) is 13.9. The van der Waals surface area contributed by atoms with E-state index in [0.29, 0.717) is 22.4 Å². The van der Waals surface area contributed by atoms with Gasteiger partial charge in [0.25, 0.3) is 8.32 Å². The molecular formula is C30H41NO3SSi. The summed E-state index contributed by atoms with van der Waals surface area (Å²) in [5, 5.41) is 0. The molecule has 0 fully saturated rings. The lowest BCUT2D eigenvalue weighted by molar-refractivity contribution is 0.364. The van der Waals surface area contributed by atoms with Crippen LogP contribution in [0.15, 0.2) is 78.6 Å². The number of nitrogens with zero attached hydrogens (tertiary/aromatic N) is 1. The van der Waals surface area contributed by atoms with Crippen molar-refractivity contribution in [2.45, 2.75) is 64.2 Å². The van der Waals surface area contributed by atoms with Crippen molar-refractivity contribution in [1.82, 2.24) is 4.31 Å². The van der Waals surface area contributed by atoms with Crippen LogP contribution in [0, 0.1) is 12.3 Å². The summed E-state index contributed by atoms with van der Waals surface area (Å²) in [5.41, 5.74) is 2.95. The Hall–Kier alpha value is -2.59. The van der Waals surface area contributed by atoms with Crippen molar-refractivity contribution in [3.8, 4) is 12.3 Å². The van der Waals surface area contributed by atoms with Gasteiger partial charge in [0.15, 0.2) is 0 Å². The average Bonchev–Trinajstić information content (AvgIpc) is 2.82. The summed E-state index contributed by atoms with van der Waals surface area (Å²) < 4.78 is 34.1. The van der Waals surface area contributed by atoms with E-state index in [-0.39, 0.29) is 6.54 Å². The molecule has 194 valence electrons. The Bertz CT molecular complexity index is 1140. The summed E-state index contributed by atoms with van der Waals surface area (Å²) >= 11 is 0. The largest absolute Gasteiger partial charge is 0.543 e. The van der Waals surface area contributed by atoms with Gasteiger partial charge in [-0.15, -0.1) is 6.42 Å².